The van der Waals surface area contributed by atoms with Crippen molar-refractivity contribution in [2.45, 2.75) is 6.42 Å². The number of methoxy groups -OCH3 is 1. The van der Waals surface area contributed by atoms with Gasteiger partial charge in [-0.15, -0.1) is 0 Å². The summed E-state index contributed by atoms with van der Waals surface area (Å²) >= 11 is 0. The fraction of sp³-hybridized carbons (Fsp3) is 0.300. The summed E-state index contributed by atoms with van der Waals surface area (Å²) in [6.07, 6.45) is 3.91. The molecule has 3 heteroatoms. The highest BCUT2D eigenvalue weighted by molar-refractivity contribution is 5.63. The number of hydrogen-bond donors (Lipinski definition) is 1. The summed E-state index contributed by atoms with van der Waals surface area (Å²) in [5, 5.41) is 8.71. The van der Waals surface area contributed by atoms with Crippen LogP contribution in [0.25, 0.3) is 5.57 Å². The Labute approximate surface area is 77.7 Å². The molecule has 0 spiro atoms. The third-order valence-electron chi connectivity index (χ3n) is 1.77. The van der Waals surface area contributed by atoms with Gasteiger partial charge in [0.2, 0.25) is 0 Å². The maximum Gasteiger partial charge on any atom is 0.137 e. The van der Waals surface area contributed by atoms with E-state index in [1.54, 1.807) is 19.5 Å². The van der Waals surface area contributed by atoms with Crippen molar-refractivity contribution < 1.29 is 9.84 Å². The molecule has 0 fully saturated rings. The molecule has 1 heterocycles. The van der Waals surface area contributed by atoms with Crippen LogP contribution in [-0.4, -0.2) is 23.8 Å². The summed E-state index contributed by atoms with van der Waals surface area (Å²) < 4.78 is 5.02. The average Bonchev–Trinajstić information content (AvgIpc) is 2.18. The highest BCUT2D eigenvalue weighted by Crippen LogP contribution is 2.18. The van der Waals surface area contributed by atoms with Crippen LogP contribution < -0.4 is 4.74 Å². The van der Waals surface area contributed by atoms with E-state index in [1.807, 2.05) is 6.07 Å². The Balaban J connectivity index is 2.82. The first-order valence-electron chi connectivity index (χ1n) is 4.06. The second-order valence-corrected chi connectivity index (χ2v) is 2.69. The minimum atomic E-state index is 0.107. The number of pyridine rings is 1. The average molecular weight is 179 g/mol. The highest BCUT2D eigenvalue weighted by atomic mass is 16.5. The van der Waals surface area contributed by atoms with Gasteiger partial charge >= 0.3 is 0 Å². The molecular weight excluding hydrogens is 166 g/mol. The van der Waals surface area contributed by atoms with Gasteiger partial charge in [0.1, 0.15) is 5.75 Å². The molecule has 1 rings (SSSR count). The van der Waals surface area contributed by atoms with Crippen LogP contribution >= 0.6 is 0 Å². The molecule has 0 bridgehead atoms. The second-order valence-electron chi connectivity index (χ2n) is 2.69. The monoisotopic (exact) mass is 179 g/mol. The van der Waals surface area contributed by atoms with Crippen LogP contribution in [0, 0.1) is 0 Å². The van der Waals surface area contributed by atoms with Crippen molar-refractivity contribution in [2.75, 3.05) is 13.7 Å². The van der Waals surface area contributed by atoms with Gasteiger partial charge in [0.25, 0.3) is 0 Å². The summed E-state index contributed by atoms with van der Waals surface area (Å²) in [6, 6.07) is 1.85. The van der Waals surface area contributed by atoms with Crippen molar-refractivity contribution in [3.05, 3.63) is 30.6 Å². The first kappa shape index (κ1) is 9.74. The molecule has 3 nitrogen and oxygen atoms in total. The van der Waals surface area contributed by atoms with E-state index in [4.69, 9.17) is 9.84 Å². The van der Waals surface area contributed by atoms with Crippen LogP contribution in [0.5, 0.6) is 5.75 Å². The van der Waals surface area contributed by atoms with Gasteiger partial charge in [0.15, 0.2) is 0 Å². The summed E-state index contributed by atoms with van der Waals surface area (Å²) in [5.41, 5.74) is 1.78. The highest BCUT2D eigenvalue weighted by Gasteiger charge is 2.00. The normalized spacial score (nSPS) is 9.69. The minimum absolute atomic E-state index is 0.107. The Morgan fingerprint density at radius 3 is 3.00 bits per heavy atom. The largest absolute Gasteiger partial charge is 0.495 e. The van der Waals surface area contributed by atoms with Crippen LogP contribution in [0.4, 0.5) is 0 Å². The minimum Gasteiger partial charge on any atom is -0.495 e. The summed E-state index contributed by atoms with van der Waals surface area (Å²) in [5.74, 6) is 0.705. The van der Waals surface area contributed by atoms with Crippen LogP contribution in [0.2, 0.25) is 0 Å². The van der Waals surface area contributed by atoms with E-state index in [1.165, 1.54) is 0 Å². The van der Waals surface area contributed by atoms with Crippen molar-refractivity contribution in [3.63, 3.8) is 0 Å². The third kappa shape index (κ3) is 2.56. The van der Waals surface area contributed by atoms with E-state index in [-0.39, 0.29) is 6.61 Å². The van der Waals surface area contributed by atoms with Gasteiger partial charge in [0, 0.05) is 12.8 Å². The molecule has 0 aliphatic carbocycles. The molecule has 0 aliphatic rings. The predicted octanol–water partition coefficient (Wildman–Crippen LogP) is 1.49. The smallest absolute Gasteiger partial charge is 0.137 e. The zero-order valence-electron chi connectivity index (χ0n) is 7.66. The third-order valence-corrected chi connectivity index (χ3v) is 1.77. The maximum absolute atomic E-state index is 8.71. The van der Waals surface area contributed by atoms with Crippen molar-refractivity contribution in [1.82, 2.24) is 4.98 Å². The van der Waals surface area contributed by atoms with Crippen LogP contribution in [0.15, 0.2) is 25.0 Å². The summed E-state index contributed by atoms with van der Waals surface area (Å²) in [6.45, 7) is 3.94. The van der Waals surface area contributed by atoms with Gasteiger partial charge in [0.05, 0.1) is 13.3 Å². The number of nitrogens with zero attached hydrogens (tertiary/aromatic N) is 1. The number of hydrogen-bond acceptors (Lipinski definition) is 3. The Kier molecular flexibility index (Phi) is 3.46. The van der Waals surface area contributed by atoms with Gasteiger partial charge in [-0.05, 0) is 23.6 Å². The molecule has 1 aromatic heterocycles. The Morgan fingerprint density at radius 1 is 1.62 bits per heavy atom. The van der Waals surface area contributed by atoms with E-state index < -0.39 is 0 Å². The Hall–Kier alpha value is -1.35. The van der Waals surface area contributed by atoms with Crippen LogP contribution in [-0.2, 0) is 0 Å². The van der Waals surface area contributed by atoms with Gasteiger partial charge in [-0.3, -0.25) is 4.98 Å². The molecule has 0 amide bonds. The van der Waals surface area contributed by atoms with Crippen LogP contribution in [0.3, 0.4) is 0 Å². The fourth-order valence-corrected chi connectivity index (χ4v) is 1.00. The molecule has 0 saturated heterocycles. The quantitative estimate of drug-likeness (QED) is 0.761. The molecule has 0 radical (unpaired) electrons. The van der Waals surface area contributed by atoms with Crippen molar-refractivity contribution in [1.29, 1.82) is 0 Å². The Morgan fingerprint density at radius 2 is 2.38 bits per heavy atom. The molecule has 13 heavy (non-hydrogen) atoms. The molecule has 0 saturated carbocycles. The van der Waals surface area contributed by atoms with Gasteiger partial charge in [-0.2, -0.15) is 0 Å². The van der Waals surface area contributed by atoms with Crippen molar-refractivity contribution in [3.8, 4) is 5.75 Å². The molecule has 0 aliphatic heterocycles. The lowest BCUT2D eigenvalue weighted by Gasteiger charge is -2.05. The number of ether oxygens (including phenoxy) is 1. The molecular formula is C10H13NO2. The topological polar surface area (TPSA) is 42.4 Å². The first-order chi connectivity index (χ1) is 6.27. The van der Waals surface area contributed by atoms with Gasteiger partial charge in [-0.25, -0.2) is 0 Å². The van der Waals surface area contributed by atoms with Gasteiger partial charge < -0.3 is 9.84 Å². The van der Waals surface area contributed by atoms with E-state index >= 15 is 0 Å². The lowest BCUT2D eigenvalue weighted by atomic mass is 10.1. The lowest BCUT2D eigenvalue weighted by Crippen LogP contribution is -1.91. The lowest BCUT2D eigenvalue weighted by molar-refractivity contribution is 0.305. The predicted molar refractivity (Wildman–Crippen MR) is 51.5 cm³/mol. The van der Waals surface area contributed by atoms with E-state index in [0.717, 1.165) is 11.1 Å². The van der Waals surface area contributed by atoms with Gasteiger partial charge in [-0.1, -0.05) is 6.58 Å². The first-order valence-corrected chi connectivity index (χ1v) is 4.06. The molecule has 1 N–H and O–H groups in total. The molecule has 0 unspecified atom stereocenters. The molecule has 0 atom stereocenters. The number of aliphatic hydroxyl groups is 1. The number of rotatable bonds is 4. The van der Waals surface area contributed by atoms with E-state index in [9.17, 15) is 0 Å². The maximum atomic E-state index is 8.71. The van der Waals surface area contributed by atoms with Crippen LogP contribution in [0.1, 0.15) is 12.0 Å². The number of aromatic nitrogens is 1. The molecule has 0 aromatic carbocycles. The molecule has 1 aromatic rings. The zero-order chi connectivity index (χ0) is 9.68. The number of aliphatic hydroxyl groups excluding tert-OH is 1. The second kappa shape index (κ2) is 4.62. The van der Waals surface area contributed by atoms with Crippen molar-refractivity contribution in [2.24, 2.45) is 0 Å². The summed E-state index contributed by atoms with van der Waals surface area (Å²) in [7, 11) is 1.59. The summed E-state index contributed by atoms with van der Waals surface area (Å²) in [4.78, 5) is 3.99. The molecule has 70 valence electrons. The SMILES string of the molecule is C=C(CCO)c1cncc(OC)c1. The van der Waals surface area contributed by atoms with E-state index in [2.05, 4.69) is 11.6 Å². The Bertz CT molecular complexity index is 297. The van der Waals surface area contributed by atoms with E-state index in [0.29, 0.717) is 12.2 Å². The fourth-order valence-electron chi connectivity index (χ4n) is 1.00. The standard InChI is InChI=1S/C10H13NO2/c1-8(3-4-12)9-5-10(13-2)7-11-6-9/h5-7,12H,1,3-4H2,2H3. The van der Waals surface area contributed by atoms with Crippen molar-refractivity contribution >= 4 is 5.57 Å². The zero-order valence-corrected chi connectivity index (χ0v) is 7.66.